The van der Waals surface area contributed by atoms with Crippen molar-refractivity contribution in [3.8, 4) is 0 Å². The lowest BCUT2D eigenvalue weighted by molar-refractivity contribution is -0.397. The molecule has 2 fully saturated rings. The van der Waals surface area contributed by atoms with Gasteiger partial charge >= 0.3 is 0 Å². The van der Waals surface area contributed by atoms with Crippen LogP contribution in [0.3, 0.4) is 0 Å². The molecule has 1 unspecified atom stereocenters. The summed E-state index contributed by atoms with van der Waals surface area (Å²) in [4.78, 5) is 21.2. The van der Waals surface area contributed by atoms with Crippen molar-refractivity contribution < 1.29 is 24.4 Å². The first-order chi connectivity index (χ1) is 13.9. The Kier molecular flexibility index (Phi) is 4.27. The van der Waals surface area contributed by atoms with Gasteiger partial charge in [0.2, 0.25) is 0 Å². The van der Waals surface area contributed by atoms with Gasteiger partial charge in [-0.3, -0.25) is 4.79 Å². The number of H-pyrrole nitrogens is 1. The molecular weight excluding hydrogens is 378 g/mol. The minimum atomic E-state index is -2.21. The highest BCUT2D eigenvalue weighted by molar-refractivity contribution is 5.49. The highest BCUT2D eigenvalue weighted by atomic mass is 16.7. The van der Waals surface area contributed by atoms with Gasteiger partial charge in [-0.1, -0.05) is 30.3 Å². The second-order valence-corrected chi connectivity index (χ2v) is 7.86. The minimum Gasteiger partial charge on any atom is -0.363 e. The first-order valence-electron chi connectivity index (χ1n) is 9.61. The summed E-state index contributed by atoms with van der Waals surface area (Å²) in [5.74, 6) is -2.03. The van der Waals surface area contributed by atoms with Crippen LogP contribution in [-0.4, -0.2) is 58.1 Å². The SMILES string of the molecule is Cc1nc2c(c(=O)[nH]1)C[C@@H]1[C@@H](O[C@@H]3COC(c4ccccc4)O[C@@H]3C1(O)O)N2C. The molecule has 9 heteroatoms. The highest BCUT2D eigenvalue weighted by Crippen LogP contribution is 2.45. The molecule has 1 aromatic heterocycles. The van der Waals surface area contributed by atoms with Gasteiger partial charge in [0.1, 0.15) is 30.1 Å². The average molecular weight is 401 g/mol. The van der Waals surface area contributed by atoms with Crippen molar-refractivity contribution in [3.05, 3.63) is 57.6 Å². The number of aliphatic hydroxyl groups is 2. The van der Waals surface area contributed by atoms with Gasteiger partial charge in [-0.15, -0.1) is 0 Å². The summed E-state index contributed by atoms with van der Waals surface area (Å²) in [7, 11) is 1.73. The van der Waals surface area contributed by atoms with E-state index in [0.29, 0.717) is 17.2 Å². The van der Waals surface area contributed by atoms with Gasteiger partial charge in [0, 0.05) is 12.6 Å². The van der Waals surface area contributed by atoms with Crippen LogP contribution in [0.15, 0.2) is 35.1 Å². The van der Waals surface area contributed by atoms with E-state index in [1.807, 2.05) is 30.3 Å². The lowest BCUT2D eigenvalue weighted by Gasteiger charge is -2.55. The number of ether oxygens (including phenoxy) is 3. The van der Waals surface area contributed by atoms with Crippen molar-refractivity contribution >= 4 is 5.82 Å². The Morgan fingerprint density at radius 1 is 1.24 bits per heavy atom. The van der Waals surface area contributed by atoms with E-state index in [9.17, 15) is 15.0 Å². The van der Waals surface area contributed by atoms with E-state index < -0.39 is 36.4 Å². The summed E-state index contributed by atoms with van der Waals surface area (Å²) in [6.45, 7) is 1.85. The van der Waals surface area contributed by atoms with Crippen molar-refractivity contribution in [2.75, 3.05) is 18.6 Å². The molecule has 2 aromatic rings. The van der Waals surface area contributed by atoms with Crippen molar-refractivity contribution in [2.45, 2.75) is 43.9 Å². The fourth-order valence-electron chi connectivity index (χ4n) is 4.52. The third-order valence-corrected chi connectivity index (χ3v) is 5.97. The minimum absolute atomic E-state index is 0.114. The maximum atomic E-state index is 12.5. The molecule has 3 aliphatic heterocycles. The normalized spacial score (nSPS) is 32.8. The molecular formula is C20H23N3O6. The molecule has 0 spiro atoms. The quantitative estimate of drug-likeness (QED) is 0.581. The van der Waals surface area contributed by atoms with Crippen molar-refractivity contribution in [2.24, 2.45) is 5.92 Å². The number of fused-ring (bicyclic) bond motifs is 3. The smallest absolute Gasteiger partial charge is 0.256 e. The molecule has 3 aliphatic rings. The summed E-state index contributed by atoms with van der Waals surface area (Å²) in [6, 6.07) is 9.31. The lowest BCUT2D eigenvalue weighted by atomic mass is 9.79. The summed E-state index contributed by atoms with van der Waals surface area (Å²) in [5.41, 5.74) is 0.900. The van der Waals surface area contributed by atoms with Crippen molar-refractivity contribution in [1.82, 2.24) is 9.97 Å². The molecule has 3 N–H and O–H groups in total. The fourth-order valence-corrected chi connectivity index (χ4v) is 4.52. The highest BCUT2D eigenvalue weighted by Gasteiger charge is 2.60. The second-order valence-electron chi connectivity index (χ2n) is 7.86. The van der Waals surface area contributed by atoms with E-state index in [1.54, 1.807) is 18.9 Å². The van der Waals surface area contributed by atoms with Crippen LogP contribution in [0.25, 0.3) is 0 Å². The van der Waals surface area contributed by atoms with Gasteiger partial charge in [0.05, 0.1) is 18.1 Å². The maximum absolute atomic E-state index is 12.5. The van der Waals surface area contributed by atoms with Crippen molar-refractivity contribution in [1.29, 1.82) is 0 Å². The van der Waals surface area contributed by atoms with E-state index in [-0.39, 0.29) is 18.6 Å². The summed E-state index contributed by atoms with van der Waals surface area (Å²) in [6.07, 6.45) is -2.97. The molecule has 5 atom stereocenters. The largest absolute Gasteiger partial charge is 0.363 e. The van der Waals surface area contributed by atoms with Gasteiger partial charge in [-0.05, 0) is 13.3 Å². The molecule has 154 valence electrons. The number of aromatic nitrogens is 2. The summed E-state index contributed by atoms with van der Waals surface area (Å²) in [5, 5.41) is 22.3. The lowest BCUT2D eigenvalue weighted by Crippen LogP contribution is -2.71. The Morgan fingerprint density at radius 2 is 2.00 bits per heavy atom. The van der Waals surface area contributed by atoms with Gasteiger partial charge in [0.25, 0.3) is 5.56 Å². The molecule has 0 saturated carbocycles. The monoisotopic (exact) mass is 401 g/mol. The Morgan fingerprint density at radius 3 is 2.76 bits per heavy atom. The average Bonchev–Trinajstić information content (AvgIpc) is 2.70. The Balaban J connectivity index is 1.49. The standard InChI is InChI=1S/C20H23N3O6/c1-10-21-16-12(17(24)22-10)8-13-18(23(16)2)28-14-9-27-19(11-6-4-3-5-7-11)29-15(14)20(13,25)26/h3-7,13-15,18-19,25-26H,8-9H2,1-2H3,(H,21,22,24)/t13-,14-,15+,18-,19?/m1/s1. The molecule has 4 heterocycles. The van der Waals surface area contributed by atoms with Crippen LogP contribution in [0, 0.1) is 12.8 Å². The third-order valence-electron chi connectivity index (χ3n) is 5.97. The number of hydrogen-bond donors (Lipinski definition) is 3. The van der Waals surface area contributed by atoms with Crippen LogP contribution in [-0.2, 0) is 20.6 Å². The summed E-state index contributed by atoms with van der Waals surface area (Å²) >= 11 is 0. The Hall–Kier alpha value is -2.30. The predicted molar refractivity (Wildman–Crippen MR) is 101 cm³/mol. The zero-order chi connectivity index (χ0) is 20.3. The Bertz CT molecular complexity index is 978. The number of aryl methyl sites for hydroxylation is 1. The molecule has 0 amide bonds. The third kappa shape index (κ3) is 2.89. The van der Waals surface area contributed by atoms with E-state index in [2.05, 4.69) is 9.97 Å². The molecule has 0 aliphatic carbocycles. The van der Waals surface area contributed by atoms with Crippen LogP contribution in [0.4, 0.5) is 5.82 Å². The van der Waals surface area contributed by atoms with E-state index >= 15 is 0 Å². The second kappa shape index (κ2) is 6.61. The molecule has 2 saturated heterocycles. The topological polar surface area (TPSA) is 117 Å². The van der Waals surface area contributed by atoms with E-state index in [4.69, 9.17) is 14.2 Å². The molecule has 0 bridgehead atoms. The zero-order valence-corrected chi connectivity index (χ0v) is 16.1. The van der Waals surface area contributed by atoms with Gasteiger partial charge in [-0.2, -0.15) is 0 Å². The molecule has 1 aromatic carbocycles. The summed E-state index contributed by atoms with van der Waals surface area (Å²) < 4.78 is 17.9. The maximum Gasteiger partial charge on any atom is 0.256 e. The first-order valence-corrected chi connectivity index (χ1v) is 9.61. The number of aromatic amines is 1. The van der Waals surface area contributed by atoms with Crippen LogP contribution in [0.5, 0.6) is 0 Å². The van der Waals surface area contributed by atoms with Crippen LogP contribution in [0.1, 0.15) is 23.2 Å². The molecule has 0 radical (unpaired) electrons. The predicted octanol–water partition coefficient (Wildman–Crippen LogP) is 0.207. The number of rotatable bonds is 1. The first kappa shape index (κ1) is 18.7. The Labute approximate surface area is 166 Å². The van der Waals surface area contributed by atoms with Gasteiger partial charge < -0.3 is 34.3 Å². The van der Waals surface area contributed by atoms with Gasteiger partial charge in [0.15, 0.2) is 12.1 Å². The molecule has 9 nitrogen and oxygen atoms in total. The van der Waals surface area contributed by atoms with Crippen molar-refractivity contribution in [3.63, 3.8) is 0 Å². The van der Waals surface area contributed by atoms with Crippen LogP contribution in [0.2, 0.25) is 0 Å². The fraction of sp³-hybridized carbons (Fsp3) is 0.500. The number of nitrogens with zero attached hydrogens (tertiary/aromatic N) is 2. The van der Waals surface area contributed by atoms with E-state index in [1.165, 1.54) is 0 Å². The number of benzene rings is 1. The van der Waals surface area contributed by atoms with E-state index in [0.717, 1.165) is 5.56 Å². The number of nitrogens with one attached hydrogen (secondary N) is 1. The molecule has 5 rings (SSSR count). The number of anilines is 1. The van der Waals surface area contributed by atoms with Crippen LogP contribution < -0.4 is 10.5 Å². The molecule has 29 heavy (non-hydrogen) atoms. The zero-order valence-electron chi connectivity index (χ0n) is 16.1. The van der Waals surface area contributed by atoms with Crippen LogP contribution >= 0.6 is 0 Å². The van der Waals surface area contributed by atoms with Gasteiger partial charge in [-0.25, -0.2) is 4.98 Å². The number of hydrogen-bond acceptors (Lipinski definition) is 8.